The maximum atomic E-state index is 12.3. The molecule has 0 aromatic heterocycles. The van der Waals surface area contributed by atoms with Crippen molar-refractivity contribution in [1.82, 2.24) is 10.3 Å². The van der Waals surface area contributed by atoms with Crippen molar-refractivity contribution in [2.75, 3.05) is 34.4 Å². The molecule has 1 N–H and O–H groups in total. The van der Waals surface area contributed by atoms with Crippen molar-refractivity contribution in [2.24, 2.45) is 10.5 Å². The molecular formula is C22H33N3O4. The van der Waals surface area contributed by atoms with Crippen molar-refractivity contribution in [3.63, 3.8) is 0 Å². The molecule has 2 atom stereocenters. The minimum atomic E-state index is -0.323. The van der Waals surface area contributed by atoms with Crippen LogP contribution in [0, 0.1) is 5.41 Å². The van der Waals surface area contributed by atoms with Gasteiger partial charge in [-0.2, -0.15) is 5.10 Å². The molecule has 1 aliphatic heterocycles. The van der Waals surface area contributed by atoms with Gasteiger partial charge in [-0.15, -0.1) is 0 Å². The van der Waals surface area contributed by atoms with Crippen LogP contribution in [0.4, 0.5) is 4.79 Å². The predicted molar refractivity (Wildman–Crippen MR) is 113 cm³/mol. The number of hydrogen-bond acceptors (Lipinski definition) is 6. The molecule has 0 spiro atoms. The van der Waals surface area contributed by atoms with Gasteiger partial charge in [0.1, 0.15) is 0 Å². The fourth-order valence-corrected chi connectivity index (χ4v) is 4.58. The van der Waals surface area contributed by atoms with Gasteiger partial charge in [0.2, 0.25) is 0 Å². The zero-order valence-electron chi connectivity index (χ0n) is 18.2. The minimum Gasteiger partial charge on any atom is -0.493 e. The normalized spacial score (nSPS) is 25.2. The third-order valence-electron chi connectivity index (χ3n) is 6.42. The second-order valence-electron chi connectivity index (χ2n) is 8.18. The molecule has 29 heavy (non-hydrogen) atoms. The van der Waals surface area contributed by atoms with Gasteiger partial charge in [0, 0.05) is 37.2 Å². The van der Waals surface area contributed by atoms with Gasteiger partial charge in [-0.05, 0) is 50.3 Å². The Hall–Kier alpha value is -2.44. The Labute approximate surface area is 173 Å². The number of benzene rings is 1. The number of nitrogens with zero attached hydrogens (tertiary/aromatic N) is 2. The molecule has 0 radical (unpaired) electrons. The van der Waals surface area contributed by atoms with Gasteiger partial charge in [0.15, 0.2) is 11.5 Å². The fraction of sp³-hybridized carbons (Fsp3) is 0.636. The first kappa shape index (κ1) is 21.3. The topological polar surface area (TPSA) is 72.4 Å². The standard InChI is InChI=1S/C22H33N3O4/c1-15(24-23-3)22(2)14-25(21(26)28-5)13-18(22)16-10-11-19(27-4)20(12-16)29-17-8-6-7-9-17/h10-12,17-18,23H,6-9,13-14H2,1-5H3/b24-15+/t18?,22-/m0/s1. The van der Waals surface area contributed by atoms with E-state index in [-0.39, 0.29) is 23.5 Å². The molecule has 2 fully saturated rings. The van der Waals surface area contributed by atoms with Gasteiger partial charge in [0.25, 0.3) is 0 Å². The third kappa shape index (κ3) is 4.28. The minimum absolute atomic E-state index is 0.0653. The highest BCUT2D eigenvalue weighted by Gasteiger charge is 2.48. The van der Waals surface area contributed by atoms with Gasteiger partial charge in [0.05, 0.1) is 20.3 Å². The van der Waals surface area contributed by atoms with Gasteiger partial charge >= 0.3 is 6.09 Å². The average molecular weight is 404 g/mol. The lowest BCUT2D eigenvalue weighted by atomic mass is 9.73. The van der Waals surface area contributed by atoms with Crippen LogP contribution in [-0.2, 0) is 4.74 Å². The number of amides is 1. The first-order chi connectivity index (χ1) is 13.9. The van der Waals surface area contributed by atoms with Gasteiger partial charge in [-0.25, -0.2) is 4.79 Å². The number of hydrogen-bond donors (Lipinski definition) is 1. The van der Waals surface area contributed by atoms with E-state index in [0.29, 0.717) is 13.1 Å². The van der Waals surface area contributed by atoms with E-state index in [2.05, 4.69) is 29.6 Å². The number of methoxy groups -OCH3 is 2. The highest BCUT2D eigenvalue weighted by atomic mass is 16.5. The quantitative estimate of drug-likeness (QED) is 0.578. The van der Waals surface area contributed by atoms with Crippen molar-refractivity contribution in [2.45, 2.75) is 51.6 Å². The Kier molecular flexibility index (Phi) is 6.55. The molecule has 1 saturated carbocycles. The summed E-state index contributed by atoms with van der Waals surface area (Å²) < 4.78 is 16.8. The Morgan fingerprint density at radius 3 is 2.59 bits per heavy atom. The van der Waals surface area contributed by atoms with Crippen LogP contribution in [0.3, 0.4) is 0 Å². The number of rotatable bonds is 6. The van der Waals surface area contributed by atoms with Gasteiger partial charge < -0.3 is 24.5 Å². The maximum absolute atomic E-state index is 12.3. The zero-order valence-corrected chi connectivity index (χ0v) is 18.2. The van der Waals surface area contributed by atoms with Crippen molar-refractivity contribution in [3.05, 3.63) is 23.8 Å². The Morgan fingerprint density at radius 1 is 1.24 bits per heavy atom. The van der Waals surface area contributed by atoms with Crippen LogP contribution in [0.15, 0.2) is 23.3 Å². The van der Waals surface area contributed by atoms with E-state index in [1.54, 1.807) is 19.1 Å². The lowest BCUT2D eigenvalue weighted by Crippen LogP contribution is -2.36. The van der Waals surface area contributed by atoms with E-state index in [1.165, 1.54) is 20.0 Å². The van der Waals surface area contributed by atoms with Crippen molar-refractivity contribution in [1.29, 1.82) is 0 Å². The molecule has 3 rings (SSSR count). The highest BCUT2D eigenvalue weighted by molar-refractivity contribution is 5.90. The van der Waals surface area contributed by atoms with Crippen LogP contribution in [-0.4, -0.2) is 57.2 Å². The van der Waals surface area contributed by atoms with Crippen LogP contribution < -0.4 is 14.9 Å². The lowest BCUT2D eigenvalue weighted by Gasteiger charge is -2.31. The number of nitrogens with one attached hydrogen (secondary N) is 1. The van der Waals surface area contributed by atoms with Crippen LogP contribution in [0.25, 0.3) is 0 Å². The van der Waals surface area contributed by atoms with Crippen molar-refractivity contribution in [3.8, 4) is 11.5 Å². The SMILES string of the molecule is CN/N=C(\C)[C@]1(C)CN(C(=O)OC)CC1c1ccc(OC)c(OC2CCCC2)c1. The van der Waals surface area contributed by atoms with Crippen molar-refractivity contribution >= 4 is 11.8 Å². The molecule has 1 aliphatic carbocycles. The Balaban J connectivity index is 1.96. The molecule has 1 heterocycles. The smallest absolute Gasteiger partial charge is 0.409 e. The molecule has 7 nitrogen and oxygen atoms in total. The summed E-state index contributed by atoms with van der Waals surface area (Å²) in [6.45, 7) is 5.27. The van der Waals surface area contributed by atoms with Crippen LogP contribution in [0.2, 0.25) is 0 Å². The maximum Gasteiger partial charge on any atom is 0.409 e. The Bertz CT molecular complexity index is 760. The highest BCUT2D eigenvalue weighted by Crippen LogP contribution is 2.46. The lowest BCUT2D eigenvalue weighted by molar-refractivity contribution is 0.130. The number of carbonyl (C=O) groups is 1. The monoisotopic (exact) mass is 403 g/mol. The summed E-state index contributed by atoms with van der Waals surface area (Å²) >= 11 is 0. The van der Waals surface area contributed by atoms with Crippen LogP contribution in [0.1, 0.15) is 51.0 Å². The molecule has 1 amide bonds. The number of carbonyl (C=O) groups excluding carboxylic acids is 1. The molecule has 7 heteroatoms. The molecule has 0 bridgehead atoms. The summed E-state index contributed by atoms with van der Waals surface area (Å²) in [5.74, 6) is 1.58. The average Bonchev–Trinajstić information content (AvgIpc) is 3.36. The van der Waals surface area contributed by atoms with E-state index < -0.39 is 0 Å². The number of likely N-dealkylation sites (tertiary alicyclic amines) is 1. The molecule has 1 unspecified atom stereocenters. The summed E-state index contributed by atoms with van der Waals surface area (Å²) in [6, 6.07) is 6.11. The van der Waals surface area contributed by atoms with Crippen molar-refractivity contribution < 1.29 is 19.0 Å². The summed E-state index contributed by atoms with van der Waals surface area (Å²) in [5, 5.41) is 4.44. The number of hydrazone groups is 1. The zero-order chi connectivity index (χ0) is 21.0. The third-order valence-corrected chi connectivity index (χ3v) is 6.42. The van der Waals surface area contributed by atoms with E-state index in [9.17, 15) is 4.79 Å². The number of ether oxygens (including phenoxy) is 3. The molecule has 2 aliphatic rings. The largest absolute Gasteiger partial charge is 0.493 e. The first-order valence-electron chi connectivity index (χ1n) is 10.3. The summed E-state index contributed by atoms with van der Waals surface area (Å²) in [7, 11) is 4.87. The predicted octanol–water partition coefficient (Wildman–Crippen LogP) is 3.78. The second kappa shape index (κ2) is 8.93. The molecule has 1 saturated heterocycles. The first-order valence-corrected chi connectivity index (χ1v) is 10.3. The molecule has 1 aromatic carbocycles. The van der Waals surface area contributed by atoms with Crippen LogP contribution in [0.5, 0.6) is 11.5 Å². The van der Waals surface area contributed by atoms with Gasteiger partial charge in [-0.3, -0.25) is 0 Å². The van der Waals surface area contributed by atoms with Crippen LogP contribution >= 0.6 is 0 Å². The Morgan fingerprint density at radius 2 is 1.97 bits per heavy atom. The van der Waals surface area contributed by atoms with E-state index in [4.69, 9.17) is 14.2 Å². The van der Waals surface area contributed by atoms with E-state index >= 15 is 0 Å². The summed E-state index contributed by atoms with van der Waals surface area (Å²) in [5.41, 5.74) is 4.62. The van der Waals surface area contributed by atoms with Gasteiger partial charge in [-0.1, -0.05) is 13.0 Å². The molecular weight excluding hydrogens is 370 g/mol. The summed E-state index contributed by atoms with van der Waals surface area (Å²) in [6.07, 6.45) is 4.51. The van der Waals surface area contributed by atoms with E-state index in [0.717, 1.165) is 35.6 Å². The fourth-order valence-electron chi connectivity index (χ4n) is 4.58. The molecule has 160 valence electrons. The summed E-state index contributed by atoms with van der Waals surface area (Å²) in [4.78, 5) is 14.0. The van der Waals surface area contributed by atoms with E-state index in [1.807, 2.05) is 13.0 Å². The molecule has 1 aromatic rings. The second-order valence-corrected chi connectivity index (χ2v) is 8.18.